The average molecular weight is 247 g/mol. The predicted octanol–water partition coefficient (Wildman–Crippen LogP) is 1.96. The van der Waals surface area contributed by atoms with Crippen LogP contribution in [0.2, 0.25) is 5.15 Å². The first-order valence-corrected chi connectivity index (χ1v) is 4.31. The zero-order chi connectivity index (χ0) is 8.72. The summed E-state index contributed by atoms with van der Waals surface area (Å²) < 4.78 is 0.805. The Kier molecular flexibility index (Phi) is 1.69. The van der Waals surface area contributed by atoms with Gasteiger partial charge in [0.15, 0.2) is 5.15 Å². The van der Waals surface area contributed by atoms with E-state index >= 15 is 0 Å². The van der Waals surface area contributed by atoms with Crippen LogP contribution in [0.1, 0.15) is 0 Å². The number of rotatable bonds is 0. The van der Waals surface area contributed by atoms with Crippen LogP contribution >= 0.6 is 27.5 Å². The van der Waals surface area contributed by atoms with E-state index in [0.717, 1.165) is 4.60 Å². The molecule has 0 atom stereocenters. The van der Waals surface area contributed by atoms with Crippen LogP contribution in [-0.2, 0) is 0 Å². The molecule has 4 nitrogen and oxygen atoms in total. The molecule has 2 aromatic rings. The van der Waals surface area contributed by atoms with Crippen LogP contribution in [0.5, 0.6) is 0 Å². The van der Waals surface area contributed by atoms with E-state index in [1.807, 2.05) is 0 Å². The maximum atomic E-state index is 5.79. The van der Waals surface area contributed by atoms with Gasteiger partial charge in [-0.05, 0) is 22.0 Å². The molecule has 0 radical (unpaired) electrons. The fraction of sp³-hybridized carbons (Fsp3) is 0. The molecule has 2 aromatic heterocycles. The maximum absolute atomic E-state index is 5.79. The summed E-state index contributed by atoms with van der Waals surface area (Å²) in [5, 5.41) is 0.336. The van der Waals surface area contributed by atoms with E-state index in [1.54, 1.807) is 6.07 Å². The van der Waals surface area contributed by atoms with Crippen molar-refractivity contribution in [3.63, 3.8) is 0 Å². The molecule has 6 heteroatoms. The van der Waals surface area contributed by atoms with Gasteiger partial charge in [0.1, 0.15) is 5.52 Å². The number of nitrogens with two attached hydrogens (primary N) is 1. The third-order valence-corrected chi connectivity index (χ3v) is 2.12. The molecule has 62 valence electrons. The van der Waals surface area contributed by atoms with Gasteiger partial charge in [0.05, 0.1) is 10.1 Å². The highest BCUT2D eigenvalue weighted by molar-refractivity contribution is 9.10. The summed E-state index contributed by atoms with van der Waals surface area (Å²) in [6.07, 6.45) is 0. The zero-order valence-electron chi connectivity index (χ0n) is 5.81. The Labute approximate surface area is 81.3 Å². The first kappa shape index (κ1) is 7.82. The predicted molar refractivity (Wildman–Crippen MR) is 51.0 cm³/mol. The highest BCUT2D eigenvalue weighted by atomic mass is 79.9. The monoisotopic (exact) mass is 246 g/mol. The molecule has 0 bridgehead atoms. The third-order valence-electron chi connectivity index (χ3n) is 1.42. The number of hydrogen-bond acceptors (Lipinski definition) is 3. The van der Waals surface area contributed by atoms with E-state index in [-0.39, 0.29) is 5.95 Å². The van der Waals surface area contributed by atoms with Gasteiger partial charge in [-0.15, -0.1) is 0 Å². The average Bonchev–Trinajstić information content (AvgIpc) is 2.29. The smallest absolute Gasteiger partial charge is 0.222 e. The molecule has 3 N–H and O–H groups in total. The second-order valence-electron chi connectivity index (χ2n) is 2.25. The molecule has 2 rings (SSSR count). The van der Waals surface area contributed by atoms with Crippen LogP contribution in [0.25, 0.3) is 11.0 Å². The van der Waals surface area contributed by atoms with Crippen LogP contribution in [0.4, 0.5) is 5.95 Å². The standard InChI is InChI=1S/C6H4BrClN4/c7-3-1-2-4(11-3)5(8)12-6(9)10-2/h1,11H,(H2,9,10,12). The largest absolute Gasteiger partial charge is 0.368 e. The number of halogens is 2. The molecule has 2 heterocycles. The normalized spacial score (nSPS) is 10.8. The molecule has 0 aliphatic heterocycles. The number of nitrogens with zero attached hydrogens (tertiary/aromatic N) is 2. The number of anilines is 1. The fourth-order valence-corrected chi connectivity index (χ4v) is 1.61. The molecule has 0 spiro atoms. The van der Waals surface area contributed by atoms with E-state index in [9.17, 15) is 0 Å². The van der Waals surface area contributed by atoms with Gasteiger partial charge in [-0.25, -0.2) is 4.98 Å². The van der Waals surface area contributed by atoms with Crippen LogP contribution in [0, 0.1) is 0 Å². The van der Waals surface area contributed by atoms with E-state index in [2.05, 4.69) is 30.9 Å². The Hall–Kier alpha value is -0.810. The SMILES string of the molecule is Nc1nc(Cl)c2[nH]c(Br)cc2n1. The van der Waals surface area contributed by atoms with Crippen molar-refractivity contribution in [1.82, 2.24) is 15.0 Å². The van der Waals surface area contributed by atoms with Gasteiger partial charge in [0.2, 0.25) is 5.95 Å². The Morgan fingerprint density at radius 3 is 3.00 bits per heavy atom. The van der Waals surface area contributed by atoms with E-state index in [0.29, 0.717) is 16.2 Å². The Morgan fingerprint density at radius 1 is 1.50 bits per heavy atom. The lowest BCUT2D eigenvalue weighted by Crippen LogP contribution is -1.94. The van der Waals surface area contributed by atoms with Crippen molar-refractivity contribution in [2.45, 2.75) is 0 Å². The lowest BCUT2D eigenvalue weighted by molar-refractivity contribution is 1.23. The van der Waals surface area contributed by atoms with Gasteiger partial charge < -0.3 is 10.7 Å². The molecular weight excluding hydrogens is 243 g/mol. The molecule has 0 aliphatic carbocycles. The molecule has 0 fully saturated rings. The van der Waals surface area contributed by atoms with E-state index in [4.69, 9.17) is 17.3 Å². The Morgan fingerprint density at radius 2 is 2.25 bits per heavy atom. The molecule has 12 heavy (non-hydrogen) atoms. The van der Waals surface area contributed by atoms with Crippen molar-refractivity contribution in [2.75, 3.05) is 5.73 Å². The molecule has 0 aromatic carbocycles. The zero-order valence-corrected chi connectivity index (χ0v) is 8.15. The van der Waals surface area contributed by atoms with Crippen LogP contribution < -0.4 is 5.73 Å². The van der Waals surface area contributed by atoms with Crippen molar-refractivity contribution in [1.29, 1.82) is 0 Å². The number of nitrogens with one attached hydrogen (secondary N) is 1. The van der Waals surface area contributed by atoms with Gasteiger partial charge in [-0.2, -0.15) is 4.98 Å². The molecule has 0 saturated carbocycles. The van der Waals surface area contributed by atoms with E-state index < -0.39 is 0 Å². The minimum absolute atomic E-state index is 0.180. The van der Waals surface area contributed by atoms with Gasteiger partial charge >= 0.3 is 0 Å². The maximum Gasteiger partial charge on any atom is 0.222 e. The summed E-state index contributed by atoms with van der Waals surface area (Å²) in [6.45, 7) is 0. The van der Waals surface area contributed by atoms with Crippen molar-refractivity contribution >= 4 is 44.5 Å². The lowest BCUT2D eigenvalue weighted by Gasteiger charge is -1.93. The summed E-state index contributed by atoms with van der Waals surface area (Å²) in [4.78, 5) is 10.7. The molecule has 0 amide bonds. The van der Waals surface area contributed by atoms with Crippen molar-refractivity contribution in [3.8, 4) is 0 Å². The fourth-order valence-electron chi connectivity index (χ4n) is 0.962. The van der Waals surface area contributed by atoms with Crippen LogP contribution in [-0.4, -0.2) is 15.0 Å². The summed E-state index contributed by atoms with van der Waals surface area (Å²) in [6, 6.07) is 1.79. The van der Waals surface area contributed by atoms with Gasteiger partial charge in [-0.3, -0.25) is 0 Å². The third kappa shape index (κ3) is 1.15. The first-order valence-electron chi connectivity index (χ1n) is 3.14. The van der Waals surface area contributed by atoms with Crippen LogP contribution in [0.15, 0.2) is 10.7 Å². The highest BCUT2D eigenvalue weighted by Crippen LogP contribution is 2.23. The van der Waals surface area contributed by atoms with Gasteiger partial charge in [0, 0.05) is 0 Å². The number of aromatic nitrogens is 3. The van der Waals surface area contributed by atoms with Crippen molar-refractivity contribution in [3.05, 3.63) is 15.8 Å². The van der Waals surface area contributed by atoms with Gasteiger partial charge in [-0.1, -0.05) is 11.6 Å². The van der Waals surface area contributed by atoms with E-state index in [1.165, 1.54) is 0 Å². The molecule has 0 aliphatic rings. The minimum Gasteiger partial charge on any atom is -0.368 e. The van der Waals surface area contributed by atoms with Crippen molar-refractivity contribution in [2.24, 2.45) is 0 Å². The van der Waals surface area contributed by atoms with Crippen molar-refractivity contribution < 1.29 is 0 Å². The molecule has 0 saturated heterocycles. The van der Waals surface area contributed by atoms with Crippen LogP contribution in [0.3, 0.4) is 0 Å². The highest BCUT2D eigenvalue weighted by Gasteiger charge is 2.06. The summed E-state index contributed by atoms with van der Waals surface area (Å²) >= 11 is 9.05. The second-order valence-corrected chi connectivity index (χ2v) is 3.46. The molecule has 0 unspecified atom stereocenters. The lowest BCUT2D eigenvalue weighted by atomic mass is 10.5. The Balaban J connectivity index is 2.88. The first-order chi connectivity index (χ1) is 5.66. The summed E-state index contributed by atoms with van der Waals surface area (Å²) in [5.74, 6) is 0.180. The Bertz CT molecular complexity index is 438. The number of H-pyrrole nitrogens is 1. The number of hydrogen-bond donors (Lipinski definition) is 2. The summed E-state index contributed by atoms with van der Waals surface area (Å²) in [7, 11) is 0. The topological polar surface area (TPSA) is 67.6 Å². The number of fused-ring (bicyclic) bond motifs is 1. The second kappa shape index (κ2) is 2.60. The number of nitrogen functional groups attached to an aromatic ring is 1. The quantitative estimate of drug-likeness (QED) is 0.699. The number of aromatic amines is 1. The minimum atomic E-state index is 0.180. The molecular formula is C6H4BrClN4. The van der Waals surface area contributed by atoms with Gasteiger partial charge in [0.25, 0.3) is 0 Å². The summed E-state index contributed by atoms with van der Waals surface area (Å²) in [5.41, 5.74) is 6.80.